The number of nitrogens with one attached hydrogen (secondary N) is 1. The van der Waals surface area contributed by atoms with Gasteiger partial charge < -0.3 is 11.1 Å². The van der Waals surface area contributed by atoms with E-state index in [1.807, 2.05) is 19.1 Å². The maximum absolute atomic E-state index is 12.6. The number of carbonyl (C=O) groups is 1. The van der Waals surface area contributed by atoms with E-state index in [2.05, 4.69) is 21.4 Å². The Balaban J connectivity index is 0.00000261. The van der Waals surface area contributed by atoms with Crippen LogP contribution in [0.4, 0.5) is 5.69 Å². The van der Waals surface area contributed by atoms with Gasteiger partial charge in [0.15, 0.2) is 5.16 Å². The van der Waals surface area contributed by atoms with Crippen LogP contribution in [0, 0.1) is 12.3 Å². The predicted molar refractivity (Wildman–Crippen MR) is 112 cm³/mol. The summed E-state index contributed by atoms with van der Waals surface area (Å²) in [7, 11) is 0. The zero-order valence-electron chi connectivity index (χ0n) is 15.6. The Morgan fingerprint density at radius 2 is 1.93 bits per heavy atom. The van der Waals surface area contributed by atoms with Gasteiger partial charge in [-0.3, -0.25) is 4.79 Å². The summed E-state index contributed by atoms with van der Waals surface area (Å²) in [5.41, 5.74) is 7.88. The Morgan fingerprint density at radius 1 is 1.22 bits per heavy atom. The fraction of sp³-hybridized carbons (Fsp3) is 0.450. The van der Waals surface area contributed by atoms with Crippen LogP contribution in [0.15, 0.2) is 46.7 Å². The smallest absolute Gasteiger partial charge is 0.224 e. The normalized spacial score (nSPS) is 15.6. The van der Waals surface area contributed by atoms with Crippen LogP contribution in [-0.4, -0.2) is 22.4 Å². The van der Waals surface area contributed by atoms with E-state index in [1.54, 1.807) is 18.5 Å². The number of carbonyl (C=O) groups excluding carboxylic acids is 1. The maximum atomic E-state index is 12.6. The first-order valence-corrected chi connectivity index (χ1v) is 9.97. The van der Waals surface area contributed by atoms with Gasteiger partial charge >= 0.3 is 0 Å². The molecule has 1 heterocycles. The first-order valence-electron chi connectivity index (χ1n) is 9.16. The van der Waals surface area contributed by atoms with Gasteiger partial charge in [0.2, 0.25) is 5.91 Å². The van der Waals surface area contributed by atoms with Gasteiger partial charge in [0.05, 0.1) is 0 Å². The highest BCUT2D eigenvalue weighted by atomic mass is 35.5. The van der Waals surface area contributed by atoms with Crippen molar-refractivity contribution >= 4 is 35.8 Å². The maximum Gasteiger partial charge on any atom is 0.224 e. The number of aryl methyl sites for hydroxylation is 1. The standard InChI is InChI=1S/C20H26N4OS.ClH/c1-15-12-16(26-19-22-10-5-11-23-19)6-7-17(15)24-18(25)13-20(14-21)8-3-2-4-9-20;/h5-7,10-12H,2-4,8-9,13-14,21H2,1H3,(H,24,25);1H. The molecule has 1 aliphatic rings. The molecule has 0 atom stereocenters. The molecule has 1 aromatic carbocycles. The molecule has 1 aliphatic carbocycles. The number of amides is 1. The van der Waals surface area contributed by atoms with E-state index in [4.69, 9.17) is 5.73 Å². The lowest BCUT2D eigenvalue weighted by atomic mass is 9.71. The van der Waals surface area contributed by atoms with Crippen molar-refractivity contribution in [2.45, 2.75) is 55.5 Å². The fourth-order valence-corrected chi connectivity index (χ4v) is 4.38. The van der Waals surface area contributed by atoms with Crippen molar-refractivity contribution in [3.8, 4) is 0 Å². The summed E-state index contributed by atoms with van der Waals surface area (Å²) in [5, 5.41) is 3.79. The average Bonchev–Trinajstić information content (AvgIpc) is 2.65. The zero-order valence-corrected chi connectivity index (χ0v) is 17.2. The Morgan fingerprint density at radius 3 is 2.56 bits per heavy atom. The molecule has 5 nitrogen and oxygen atoms in total. The van der Waals surface area contributed by atoms with Crippen molar-refractivity contribution in [3.05, 3.63) is 42.2 Å². The summed E-state index contributed by atoms with van der Waals surface area (Å²) in [4.78, 5) is 22.1. The van der Waals surface area contributed by atoms with Crippen LogP contribution >= 0.6 is 24.2 Å². The number of nitrogens with two attached hydrogens (primary N) is 1. The molecule has 1 saturated carbocycles. The summed E-state index contributed by atoms with van der Waals surface area (Å²) in [6.45, 7) is 2.59. The van der Waals surface area contributed by atoms with Gasteiger partial charge in [-0.2, -0.15) is 0 Å². The molecule has 0 radical (unpaired) electrons. The van der Waals surface area contributed by atoms with E-state index in [0.29, 0.717) is 18.1 Å². The lowest BCUT2D eigenvalue weighted by molar-refractivity contribution is -0.118. The van der Waals surface area contributed by atoms with Gasteiger partial charge in [-0.05, 0) is 73.3 Å². The quantitative estimate of drug-likeness (QED) is 0.685. The third-order valence-electron chi connectivity index (χ3n) is 5.11. The first kappa shape index (κ1) is 21.7. The summed E-state index contributed by atoms with van der Waals surface area (Å²) in [6.07, 6.45) is 9.70. The van der Waals surface area contributed by atoms with E-state index < -0.39 is 0 Å². The molecule has 0 unspecified atom stereocenters. The van der Waals surface area contributed by atoms with E-state index in [9.17, 15) is 4.79 Å². The second-order valence-corrected chi connectivity index (χ2v) is 8.14. The van der Waals surface area contributed by atoms with Gasteiger partial charge in [-0.1, -0.05) is 19.3 Å². The Hall–Kier alpha value is -1.63. The van der Waals surface area contributed by atoms with E-state index in [-0.39, 0.29) is 23.7 Å². The highest BCUT2D eigenvalue weighted by Gasteiger charge is 2.33. The molecule has 0 bridgehead atoms. The van der Waals surface area contributed by atoms with Crippen LogP contribution in [0.1, 0.15) is 44.1 Å². The number of hydrogen-bond acceptors (Lipinski definition) is 5. The van der Waals surface area contributed by atoms with E-state index >= 15 is 0 Å². The van der Waals surface area contributed by atoms with Crippen molar-refractivity contribution in [2.75, 3.05) is 11.9 Å². The molecule has 2 aromatic rings. The molecule has 3 rings (SSSR count). The van der Waals surface area contributed by atoms with Gasteiger partial charge in [0.25, 0.3) is 0 Å². The van der Waals surface area contributed by atoms with Crippen molar-refractivity contribution in [2.24, 2.45) is 11.1 Å². The molecule has 1 fully saturated rings. The molecule has 1 amide bonds. The number of anilines is 1. The molecule has 27 heavy (non-hydrogen) atoms. The van der Waals surface area contributed by atoms with Crippen molar-refractivity contribution in [1.29, 1.82) is 0 Å². The summed E-state index contributed by atoms with van der Waals surface area (Å²) in [5.74, 6) is 0.0623. The molecular weight excluding hydrogens is 380 g/mol. The van der Waals surface area contributed by atoms with Gasteiger partial charge in [0.1, 0.15) is 0 Å². The number of nitrogens with zero attached hydrogens (tertiary/aromatic N) is 2. The number of rotatable bonds is 6. The van der Waals surface area contributed by atoms with Crippen LogP contribution < -0.4 is 11.1 Å². The van der Waals surface area contributed by atoms with Crippen LogP contribution in [-0.2, 0) is 4.79 Å². The number of hydrogen-bond donors (Lipinski definition) is 2. The highest BCUT2D eigenvalue weighted by Crippen LogP contribution is 2.38. The first-order chi connectivity index (χ1) is 12.6. The molecule has 3 N–H and O–H groups in total. The minimum absolute atomic E-state index is 0. The lowest BCUT2D eigenvalue weighted by Gasteiger charge is -2.35. The Bertz CT molecular complexity index is 751. The van der Waals surface area contributed by atoms with Gasteiger partial charge in [0, 0.05) is 29.4 Å². The van der Waals surface area contributed by atoms with Crippen LogP contribution in [0.2, 0.25) is 0 Å². The molecule has 0 aliphatic heterocycles. The fourth-order valence-electron chi connectivity index (χ4n) is 3.57. The minimum Gasteiger partial charge on any atom is -0.330 e. The molecular formula is C20H27ClN4OS. The van der Waals surface area contributed by atoms with Gasteiger partial charge in [-0.25, -0.2) is 9.97 Å². The predicted octanol–water partition coefficient (Wildman–Crippen LogP) is 4.60. The monoisotopic (exact) mass is 406 g/mol. The molecule has 0 saturated heterocycles. The van der Waals surface area contributed by atoms with Crippen molar-refractivity contribution < 1.29 is 4.79 Å². The SMILES string of the molecule is Cc1cc(Sc2ncccn2)ccc1NC(=O)CC1(CN)CCCCC1.Cl. The molecule has 146 valence electrons. The van der Waals surface area contributed by atoms with Crippen LogP contribution in [0.25, 0.3) is 0 Å². The summed E-state index contributed by atoms with van der Waals surface area (Å²) in [6, 6.07) is 7.79. The number of halogens is 1. The van der Waals surface area contributed by atoms with Crippen molar-refractivity contribution in [1.82, 2.24) is 9.97 Å². The molecule has 1 aromatic heterocycles. The van der Waals surface area contributed by atoms with Crippen molar-refractivity contribution in [3.63, 3.8) is 0 Å². The topological polar surface area (TPSA) is 80.9 Å². The molecule has 7 heteroatoms. The Kier molecular flexibility index (Phi) is 8.07. The van der Waals surface area contributed by atoms with Gasteiger partial charge in [-0.15, -0.1) is 12.4 Å². The summed E-state index contributed by atoms with van der Waals surface area (Å²) >= 11 is 1.51. The van der Waals surface area contributed by atoms with Crippen LogP contribution in [0.3, 0.4) is 0 Å². The third kappa shape index (κ3) is 5.92. The van der Waals surface area contributed by atoms with E-state index in [1.165, 1.54) is 31.0 Å². The highest BCUT2D eigenvalue weighted by molar-refractivity contribution is 7.99. The minimum atomic E-state index is -0.0172. The molecule has 0 spiro atoms. The number of aromatic nitrogens is 2. The largest absolute Gasteiger partial charge is 0.330 e. The number of benzene rings is 1. The lowest BCUT2D eigenvalue weighted by Crippen LogP contribution is -2.36. The van der Waals surface area contributed by atoms with Crippen LogP contribution in [0.5, 0.6) is 0 Å². The third-order valence-corrected chi connectivity index (χ3v) is 5.99. The Labute approximate surface area is 171 Å². The zero-order chi connectivity index (χ0) is 18.4. The second kappa shape index (κ2) is 10.1. The average molecular weight is 407 g/mol. The van der Waals surface area contributed by atoms with E-state index in [0.717, 1.165) is 29.0 Å². The summed E-state index contributed by atoms with van der Waals surface area (Å²) < 4.78 is 0. The second-order valence-electron chi connectivity index (χ2n) is 7.10.